The summed E-state index contributed by atoms with van der Waals surface area (Å²) in [5.41, 5.74) is 1.46. The van der Waals surface area contributed by atoms with Gasteiger partial charge in [0.15, 0.2) is 8.32 Å². The number of allylic oxidation sites excluding steroid dienone is 3. The Morgan fingerprint density at radius 1 is 1.18 bits per heavy atom. The van der Waals surface area contributed by atoms with E-state index in [1.807, 2.05) is 0 Å². The van der Waals surface area contributed by atoms with Gasteiger partial charge in [-0.2, -0.15) is 0 Å². The summed E-state index contributed by atoms with van der Waals surface area (Å²) in [4.78, 5) is 0. The molecule has 0 atom stereocenters. The van der Waals surface area contributed by atoms with Crippen LogP contribution in [0.1, 0.15) is 47.5 Å². The molecule has 0 saturated heterocycles. The van der Waals surface area contributed by atoms with Crippen molar-refractivity contribution in [2.24, 2.45) is 0 Å². The summed E-state index contributed by atoms with van der Waals surface area (Å²) in [6.45, 7) is 16.5. The van der Waals surface area contributed by atoms with E-state index in [2.05, 4.69) is 65.9 Å². The molecule has 17 heavy (non-hydrogen) atoms. The first-order valence-corrected chi connectivity index (χ1v) is 9.52. The zero-order chi connectivity index (χ0) is 13.5. The van der Waals surface area contributed by atoms with Crippen molar-refractivity contribution in [2.45, 2.75) is 65.6 Å². The van der Waals surface area contributed by atoms with Gasteiger partial charge in [-0.25, -0.2) is 0 Å². The van der Waals surface area contributed by atoms with E-state index in [1.54, 1.807) is 0 Å². The van der Waals surface area contributed by atoms with Crippen molar-refractivity contribution in [2.75, 3.05) is 6.61 Å². The van der Waals surface area contributed by atoms with Crippen molar-refractivity contribution in [1.82, 2.24) is 0 Å². The van der Waals surface area contributed by atoms with Crippen molar-refractivity contribution in [1.29, 1.82) is 0 Å². The molecule has 0 aromatic rings. The van der Waals surface area contributed by atoms with Gasteiger partial charge in [-0.15, -0.1) is 0 Å². The molecule has 0 N–H and O–H groups in total. The van der Waals surface area contributed by atoms with E-state index in [4.69, 9.17) is 4.43 Å². The maximum Gasteiger partial charge on any atom is 0.192 e. The lowest BCUT2D eigenvalue weighted by atomic mass is 10.1. The highest BCUT2D eigenvalue weighted by atomic mass is 28.4. The Bertz CT molecular complexity index is 269. The van der Waals surface area contributed by atoms with Crippen molar-refractivity contribution in [3.05, 3.63) is 23.8 Å². The summed E-state index contributed by atoms with van der Waals surface area (Å²) in [6, 6.07) is 0. The fourth-order valence-electron chi connectivity index (χ4n) is 1.11. The van der Waals surface area contributed by atoms with Gasteiger partial charge < -0.3 is 4.43 Å². The van der Waals surface area contributed by atoms with Crippen LogP contribution >= 0.6 is 0 Å². The van der Waals surface area contributed by atoms with Crippen LogP contribution in [-0.4, -0.2) is 14.9 Å². The van der Waals surface area contributed by atoms with E-state index < -0.39 is 8.32 Å². The van der Waals surface area contributed by atoms with Crippen LogP contribution in [0, 0.1) is 0 Å². The lowest BCUT2D eigenvalue weighted by Crippen LogP contribution is -2.40. The normalized spacial score (nSPS) is 14.6. The van der Waals surface area contributed by atoms with Crippen molar-refractivity contribution in [3.63, 3.8) is 0 Å². The summed E-state index contributed by atoms with van der Waals surface area (Å²) in [5, 5.41) is 0.308. The molecule has 0 spiro atoms. The smallest absolute Gasteiger partial charge is 0.192 e. The first-order chi connectivity index (χ1) is 7.70. The van der Waals surface area contributed by atoms with Crippen LogP contribution < -0.4 is 0 Å². The molecule has 1 nitrogen and oxygen atoms in total. The Labute approximate surface area is 109 Å². The fourth-order valence-corrected chi connectivity index (χ4v) is 2.06. The topological polar surface area (TPSA) is 9.23 Å². The third-order valence-electron chi connectivity index (χ3n) is 3.71. The summed E-state index contributed by atoms with van der Waals surface area (Å²) >= 11 is 0. The van der Waals surface area contributed by atoms with Crippen LogP contribution in [0.25, 0.3) is 0 Å². The molecule has 0 amide bonds. The van der Waals surface area contributed by atoms with E-state index in [0.717, 1.165) is 19.4 Å². The first kappa shape index (κ1) is 16.7. The van der Waals surface area contributed by atoms with Gasteiger partial charge in [0.05, 0.1) is 6.61 Å². The van der Waals surface area contributed by atoms with E-state index in [0.29, 0.717) is 5.04 Å². The van der Waals surface area contributed by atoms with Gasteiger partial charge in [0.25, 0.3) is 0 Å². The zero-order valence-corrected chi connectivity index (χ0v) is 13.8. The van der Waals surface area contributed by atoms with Crippen LogP contribution in [0.4, 0.5) is 0 Å². The van der Waals surface area contributed by atoms with Crippen LogP contribution in [0.3, 0.4) is 0 Å². The molecule has 0 saturated carbocycles. The third kappa shape index (κ3) is 6.84. The van der Waals surface area contributed by atoms with Gasteiger partial charge in [0.1, 0.15) is 0 Å². The molecule has 2 heteroatoms. The second-order valence-electron chi connectivity index (χ2n) is 6.22. The summed E-state index contributed by atoms with van der Waals surface area (Å²) in [7, 11) is -1.56. The lowest BCUT2D eigenvalue weighted by molar-refractivity contribution is 0.327. The number of hydrogen-bond donors (Lipinski definition) is 0. The Morgan fingerprint density at radius 2 is 1.76 bits per heavy atom. The maximum absolute atomic E-state index is 6.06. The standard InChI is InChI=1S/C15H30OSi/c1-8-14(2)12-10-9-11-13-16-17(6,7)15(3,4)5/h8-9,11H,10,12-13H2,1-7H3/b11-9-,14-8+. The van der Waals surface area contributed by atoms with Gasteiger partial charge in [0.2, 0.25) is 0 Å². The van der Waals surface area contributed by atoms with Crippen LogP contribution in [0.15, 0.2) is 23.8 Å². The largest absolute Gasteiger partial charge is 0.413 e. The quantitative estimate of drug-likeness (QED) is 0.461. The molecule has 0 fully saturated rings. The van der Waals surface area contributed by atoms with Gasteiger partial charge in [0, 0.05) is 0 Å². The minimum Gasteiger partial charge on any atom is -0.413 e. The Morgan fingerprint density at radius 3 is 2.24 bits per heavy atom. The van der Waals surface area contributed by atoms with E-state index in [1.165, 1.54) is 5.57 Å². The molecule has 0 bridgehead atoms. The first-order valence-electron chi connectivity index (χ1n) is 6.61. The van der Waals surface area contributed by atoms with Crippen LogP contribution in [0.2, 0.25) is 18.1 Å². The molecule has 100 valence electrons. The summed E-state index contributed by atoms with van der Waals surface area (Å²) in [5.74, 6) is 0. The molecule has 0 aliphatic rings. The predicted octanol–water partition coefficient (Wildman–Crippen LogP) is 5.31. The molecule has 0 aliphatic heterocycles. The molecule has 0 rings (SSSR count). The highest BCUT2D eigenvalue weighted by Gasteiger charge is 2.36. The molecule has 0 heterocycles. The molecular weight excluding hydrogens is 224 g/mol. The second kappa shape index (κ2) is 7.17. The lowest BCUT2D eigenvalue weighted by Gasteiger charge is -2.35. The predicted molar refractivity (Wildman–Crippen MR) is 81.0 cm³/mol. The van der Waals surface area contributed by atoms with Crippen LogP contribution in [0.5, 0.6) is 0 Å². The van der Waals surface area contributed by atoms with E-state index >= 15 is 0 Å². The van der Waals surface area contributed by atoms with Gasteiger partial charge in [-0.1, -0.05) is 44.6 Å². The number of rotatable bonds is 6. The molecular formula is C15H30OSi. The Balaban J connectivity index is 3.88. The Kier molecular flexibility index (Phi) is 7.03. The maximum atomic E-state index is 6.06. The van der Waals surface area contributed by atoms with Gasteiger partial charge in [-0.3, -0.25) is 0 Å². The highest BCUT2D eigenvalue weighted by Crippen LogP contribution is 2.36. The van der Waals surface area contributed by atoms with Crippen molar-refractivity contribution in [3.8, 4) is 0 Å². The monoisotopic (exact) mass is 254 g/mol. The second-order valence-corrected chi connectivity index (χ2v) is 11.0. The third-order valence-corrected chi connectivity index (χ3v) is 8.21. The molecule has 0 unspecified atom stereocenters. The van der Waals surface area contributed by atoms with Gasteiger partial charge in [-0.05, 0) is 44.8 Å². The van der Waals surface area contributed by atoms with Crippen molar-refractivity contribution >= 4 is 8.32 Å². The molecule has 0 aromatic heterocycles. The van der Waals surface area contributed by atoms with Crippen molar-refractivity contribution < 1.29 is 4.43 Å². The minimum absolute atomic E-state index is 0.308. The minimum atomic E-state index is -1.56. The van der Waals surface area contributed by atoms with E-state index in [9.17, 15) is 0 Å². The molecule has 0 radical (unpaired) electrons. The van der Waals surface area contributed by atoms with Crippen LogP contribution in [-0.2, 0) is 4.43 Å². The zero-order valence-electron chi connectivity index (χ0n) is 12.8. The average Bonchev–Trinajstić information content (AvgIpc) is 2.21. The summed E-state index contributed by atoms with van der Waals surface area (Å²) < 4.78 is 6.06. The van der Waals surface area contributed by atoms with Gasteiger partial charge >= 0.3 is 0 Å². The Hall–Kier alpha value is -0.343. The molecule has 0 aromatic carbocycles. The average molecular weight is 254 g/mol. The highest BCUT2D eigenvalue weighted by molar-refractivity contribution is 6.74. The molecule has 0 aliphatic carbocycles. The SMILES string of the molecule is C/C=C(\C)CC/C=C\CO[Si](C)(C)C(C)(C)C. The number of hydrogen-bond acceptors (Lipinski definition) is 1. The van der Waals surface area contributed by atoms with E-state index in [-0.39, 0.29) is 0 Å². The fraction of sp³-hybridized carbons (Fsp3) is 0.733. The summed E-state index contributed by atoms with van der Waals surface area (Å²) in [6.07, 6.45) is 8.87.